The molecule has 0 aromatic heterocycles. The maximum absolute atomic E-state index is 12.9. The maximum Gasteiger partial charge on any atom is 0.242 e. The van der Waals surface area contributed by atoms with Gasteiger partial charge in [0.05, 0.1) is 9.79 Å². The second-order valence-corrected chi connectivity index (χ2v) is 10.8. The van der Waals surface area contributed by atoms with Gasteiger partial charge in [-0.25, -0.2) is 21.6 Å². The Morgan fingerprint density at radius 3 is 2.30 bits per heavy atom. The van der Waals surface area contributed by atoms with Crippen LogP contribution in [0.3, 0.4) is 0 Å². The lowest BCUT2D eigenvalue weighted by molar-refractivity contribution is 0.567. The lowest BCUT2D eigenvalue weighted by Crippen LogP contribution is -2.27. The standard InChI is InChI=1S/C19H18BrNO4S2/c1-13(16-9-5-7-14-6-3-4-8-17(14)16)21-27(24,25)19-12-15(26(2,22)23)10-11-18(19)20/h3-13,21H,1-2H3. The third kappa shape index (κ3) is 4.24. The molecular formula is C19H18BrNO4S2. The zero-order chi connectivity index (χ0) is 19.8. The number of nitrogens with one attached hydrogen (secondary N) is 1. The van der Waals surface area contributed by atoms with Crippen molar-refractivity contribution in [1.29, 1.82) is 0 Å². The largest absolute Gasteiger partial charge is 0.242 e. The van der Waals surface area contributed by atoms with Crippen molar-refractivity contribution < 1.29 is 16.8 Å². The summed E-state index contributed by atoms with van der Waals surface area (Å²) in [5, 5.41) is 1.97. The Hall–Kier alpha value is -1.74. The molecule has 0 aliphatic carbocycles. The van der Waals surface area contributed by atoms with Gasteiger partial charge in [-0.2, -0.15) is 0 Å². The van der Waals surface area contributed by atoms with E-state index in [0.717, 1.165) is 28.7 Å². The number of sulfonamides is 1. The van der Waals surface area contributed by atoms with Crippen molar-refractivity contribution in [3.05, 3.63) is 70.7 Å². The molecule has 0 aliphatic rings. The molecule has 0 aliphatic heterocycles. The fourth-order valence-corrected chi connectivity index (χ4v) is 5.84. The summed E-state index contributed by atoms with van der Waals surface area (Å²) >= 11 is 3.20. The maximum atomic E-state index is 12.9. The fourth-order valence-electron chi connectivity index (χ4n) is 2.91. The second-order valence-electron chi connectivity index (χ2n) is 6.28. The van der Waals surface area contributed by atoms with Gasteiger partial charge in [0.15, 0.2) is 9.84 Å². The molecule has 0 amide bonds. The number of fused-ring (bicyclic) bond motifs is 1. The minimum absolute atomic E-state index is 0.0520. The van der Waals surface area contributed by atoms with E-state index in [2.05, 4.69) is 20.7 Å². The van der Waals surface area contributed by atoms with Crippen LogP contribution in [0.4, 0.5) is 0 Å². The Balaban J connectivity index is 2.02. The van der Waals surface area contributed by atoms with Gasteiger partial charge in [-0.3, -0.25) is 0 Å². The van der Waals surface area contributed by atoms with E-state index >= 15 is 0 Å². The van der Waals surface area contributed by atoms with E-state index in [4.69, 9.17) is 0 Å². The molecule has 8 heteroatoms. The molecule has 3 aromatic carbocycles. The predicted molar refractivity (Wildman–Crippen MR) is 110 cm³/mol. The molecule has 5 nitrogen and oxygen atoms in total. The van der Waals surface area contributed by atoms with Crippen LogP contribution in [0.15, 0.2) is 74.9 Å². The number of hydrogen-bond acceptors (Lipinski definition) is 4. The number of benzene rings is 3. The van der Waals surface area contributed by atoms with Crippen molar-refractivity contribution in [3.63, 3.8) is 0 Å². The summed E-state index contributed by atoms with van der Waals surface area (Å²) in [4.78, 5) is -0.165. The summed E-state index contributed by atoms with van der Waals surface area (Å²) in [6.45, 7) is 1.76. The highest BCUT2D eigenvalue weighted by molar-refractivity contribution is 9.10. The first-order valence-electron chi connectivity index (χ1n) is 8.09. The molecule has 1 atom stereocenters. The Bertz CT molecular complexity index is 1220. The molecule has 0 heterocycles. The van der Waals surface area contributed by atoms with Crippen LogP contribution < -0.4 is 4.72 Å². The number of rotatable bonds is 5. The first-order chi connectivity index (χ1) is 12.6. The van der Waals surface area contributed by atoms with Gasteiger partial charge in [0, 0.05) is 16.8 Å². The molecule has 0 radical (unpaired) electrons. The molecule has 142 valence electrons. The zero-order valence-corrected chi connectivity index (χ0v) is 17.9. The fraction of sp³-hybridized carbons (Fsp3) is 0.158. The molecule has 3 aromatic rings. The Morgan fingerprint density at radius 2 is 1.59 bits per heavy atom. The van der Waals surface area contributed by atoms with Gasteiger partial charge in [0.25, 0.3) is 0 Å². The summed E-state index contributed by atoms with van der Waals surface area (Å²) in [6.07, 6.45) is 1.04. The SMILES string of the molecule is CC(NS(=O)(=O)c1cc(S(C)(=O)=O)ccc1Br)c1cccc2ccccc12. The Morgan fingerprint density at radius 1 is 0.926 bits per heavy atom. The third-order valence-electron chi connectivity index (χ3n) is 4.24. The minimum atomic E-state index is -3.95. The van der Waals surface area contributed by atoms with Crippen molar-refractivity contribution in [3.8, 4) is 0 Å². The van der Waals surface area contributed by atoms with E-state index in [1.807, 2.05) is 42.5 Å². The first kappa shape index (κ1) is 20.0. The minimum Gasteiger partial charge on any atom is -0.224 e. The summed E-state index contributed by atoms with van der Waals surface area (Å²) < 4.78 is 52.3. The molecule has 27 heavy (non-hydrogen) atoms. The van der Waals surface area contributed by atoms with E-state index < -0.39 is 25.9 Å². The predicted octanol–water partition coefficient (Wildman–Crippen LogP) is 4.05. The van der Waals surface area contributed by atoms with Gasteiger partial charge in [0.2, 0.25) is 10.0 Å². The molecule has 0 fully saturated rings. The lowest BCUT2D eigenvalue weighted by atomic mass is 10.0. The number of hydrogen-bond donors (Lipinski definition) is 1. The van der Waals surface area contributed by atoms with Crippen molar-refractivity contribution in [2.24, 2.45) is 0 Å². The van der Waals surface area contributed by atoms with Gasteiger partial charge in [-0.1, -0.05) is 42.5 Å². The van der Waals surface area contributed by atoms with E-state index in [0.29, 0.717) is 4.47 Å². The summed E-state index contributed by atoms with van der Waals surface area (Å²) in [7, 11) is -7.48. The molecular weight excluding hydrogens is 450 g/mol. The molecule has 1 unspecified atom stereocenters. The van der Waals surface area contributed by atoms with Gasteiger partial charge in [-0.05, 0) is 57.4 Å². The highest BCUT2D eigenvalue weighted by Gasteiger charge is 2.23. The summed E-state index contributed by atoms with van der Waals surface area (Å²) in [5.74, 6) is 0. The molecule has 0 saturated heterocycles. The second kappa shape index (κ2) is 7.35. The number of sulfone groups is 1. The van der Waals surface area contributed by atoms with Crippen LogP contribution in [-0.4, -0.2) is 23.1 Å². The Kier molecular flexibility index (Phi) is 5.45. The zero-order valence-electron chi connectivity index (χ0n) is 14.7. The average molecular weight is 468 g/mol. The topological polar surface area (TPSA) is 80.3 Å². The van der Waals surface area contributed by atoms with Crippen molar-refractivity contribution in [2.75, 3.05) is 6.26 Å². The van der Waals surface area contributed by atoms with E-state index in [-0.39, 0.29) is 9.79 Å². The summed E-state index contributed by atoms with van der Waals surface area (Å²) in [5.41, 5.74) is 0.840. The van der Waals surface area contributed by atoms with E-state index in [1.54, 1.807) is 6.92 Å². The normalized spacial score (nSPS) is 13.6. The van der Waals surface area contributed by atoms with Gasteiger partial charge in [-0.15, -0.1) is 0 Å². The van der Waals surface area contributed by atoms with Crippen LogP contribution in [0.5, 0.6) is 0 Å². The van der Waals surface area contributed by atoms with E-state index in [9.17, 15) is 16.8 Å². The van der Waals surface area contributed by atoms with Gasteiger partial charge in [0.1, 0.15) is 0 Å². The Labute approximate surface area is 167 Å². The van der Waals surface area contributed by atoms with Crippen molar-refractivity contribution in [1.82, 2.24) is 4.72 Å². The number of halogens is 1. The lowest BCUT2D eigenvalue weighted by Gasteiger charge is -2.18. The monoisotopic (exact) mass is 467 g/mol. The molecule has 0 spiro atoms. The van der Waals surface area contributed by atoms with E-state index in [1.165, 1.54) is 12.1 Å². The molecule has 3 rings (SSSR count). The smallest absolute Gasteiger partial charge is 0.224 e. The highest BCUT2D eigenvalue weighted by atomic mass is 79.9. The van der Waals surface area contributed by atoms with Crippen LogP contribution >= 0.6 is 15.9 Å². The van der Waals surface area contributed by atoms with Crippen LogP contribution in [0.1, 0.15) is 18.5 Å². The van der Waals surface area contributed by atoms with Gasteiger partial charge >= 0.3 is 0 Å². The average Bonchev–Trinajstić information content (AvgIpc) is 2.60. The molecule has 0 saturated carbocycles. The van der Waals surface area contributed by atoms with Crippen LogP contribution in [0, 0.1) is 0 Å². The first-order valence-corrected chi connectivity index (χ1v) is 12.3. The summed E-state index contributed by atoms with van der Waals surface area (Å²) in [6, 6.07) is 16.9. The van der Waals surface area contributed by atoms with Gasteiger partial charge < -0.3 is 0 Å². The van der Waals surface area contributed by atoms with Crippen LogP contribution in [0.2, 0.25) is 0 Å². The third-order valence-corrected chi connectivity index (χ3v) is 7.89. The van der Waals surface area contributed by atoms with Crippen LogP contribution in [0.25, 0.3) is 10.8 Å². The highest BCUT2D eigenvalue weighted by Crippen LogP contribution is 2.29. The van der Waals surface area contributed by atoms with Crippen molar-refractivity contribution >= 4 is 46.6 Å². The molecule has 0 bridgehead atoms. The van der Waals surface area contributed by atoms with Crippen molar-refractivity contribution in [2.45, 2.75) is 22.8 Å². The van der Waals surface area contributed by atoms with Crippen LogP contribution in [-0.2, 0) is 19.9 Å². The quantitative estimate of drug-likeness (QED) is 0.613. The molecule has 1 N–H and O–H groups in total.